The van der Waals surface area contributed by atoms with Crippen molar-refractivity contribution < 1.29 is 17.6 Å². The van der Waals surface area contributed by atoms with Crippen LogP contribution in [0, 0.1) is 5.82 Å². The third-order valence-electron chi connectivity index (χ3n) is 4.03. The minimum Gasteiger partial charge on any atom is -0.361 e. The fourth-order valence-electron chi connectivity index (χ4n) is 2.81. The molecule has 0 saturated heterocycles. The summed E-state index contributed by atoms with van der Waals surface area (Å²) in [5.74, 6) is -0.388. The summed E-state index contributed by atoms with van der Waals surface area (Å²) >= 11 is 0. The summed E-state index contributed by atoms with van der Waals surface area (Å²) in [7, 11) is 0. The molecule has 0 fully saturated rings. The fraction of sp³-hybridized carbons (Fsp3) is 0.250. The summed E-state index contributed by atoms with van der Waals surface area (Å²) in [4.78, 5) is 7.78. The third-order valence-corrected chi connectivity index (χ3v) is 4.03. The van der Waals surface area contributed by atoms with E-state index >= 15 is 0 Å². The third kappa shape index (κ3) is 2.56. The molecule has 2 aromatic rings. The summed E-state index contributed by atoms with van der Waals surface area (Å²) in [5, 5.41) is 3.09. The van der Waals surface area contributed by atoms with Crippen LogP contribution in [0.4, 0.5) is 17.6 Å². The lowest BCUT2D eigenvalue weighted by Crippen LogP contribution is -2.45. The largest absolute Gasteiger partial charge is 0.433 e. The number of benzene rings is 1. The quantitative estimate of drug-likeness (QED) is 0.859. The van der Waals surface area contributed by atoms with Crippen molar-refractivity contribution in [3.63, 3.8) is 0 Å². The van der Waals surface area contributed by atoms with E-state index < -0.39 is 17.4 Å². The van der Waals surface area contributed by atoms with Gasteiger partial charge in [0, 0.05) is 11.8 Å². The highest BCUT2D eigenvalue weighted by molar-refractivity contribution is 5.64. The summed E-state index contributed by atoms with van der Waals surface area (Å²) in [5.41, 5.74) is -0.597. The molecule has 2 atom stereocenters. The lowest BCUT2D eigenvalue weighted by molar-refractivity contribution is -0.141. The molecule has 0 unspecified atom stereocenters. The molecular weight excluding hydrogens is 310 g/mol. The predicted molar refractivity (Wildman–Crippen MR) is 77.5 cm³/mol. The van der Waals surface area contributed by atoms with E-state index in [4.69, 9.17) is 0 Å². The molecule has 120 valence electrons. The Bertz CT molecular complexity index is 722. The number of halogens is 4. The molecule has 3 nitrogen and oxygen atoms in total. The van der Waals surface area contributed by atoms with Crippen molar-refractivity contribution in [1.82, 2.24) is 10.3 Å². The van der Waals surface area contributed by atoms with Crippen molar-refractivity contribution in [3.05, 3.63) is 65.2 Å². The van der Waals surface area contributed by atoms with Crippen molar-refractivity contribution in [2.24, 2.45) is 4.99 Å². The molecule has 0 bridgehead atoms. The van der Waals surface area contributed by atoms with E-state index in [1.165, 1.54) is 30.7 Å². The summed E-state index contributed by atoms with van der Waals surface area (Å²) < 4.78 is 51.3. The van der Waals surface area contributed by atoms with E-state index in [0.717, 1.165) is 6.07 Å². The number of hydrogen-bond acceptors (Lipinski definition) is 3. The van der Waals surface area contributed by atoms with Crippen LogP contribution >= 0.6 is 0 Å². The number of nitrogens with zero attached hydrogens (tertiary/aromatic N) is 2. The van der Waals surface area contributed by atoms with Gasteiger partial charge in [-0.1, -0.05) is 18.2 Å². The lowest BCUT2D eigenvalue weighted by atomic mass is 9.79. The zero-order valence-electron chi connectivity index (χ0n) is 12.1. The summed E-state index contributed by atoms with van der Waals surface area (Å²) in [6.45, 7) is 1.83. The molecule has 7 heteroatoms. The molecule has 1 aromatic carbocycles. The van der Waals surface area contributed by atoms with Crippen LogP contribution in [0.3, 0.4) is 0 Å². The number of aliphatic imine (C=N–C) groups is 1. The number of rotatable bonds is 2. The Morgan fingerprint density at radius 2 is 1.70 bits per heavy atom. The van der Waals surface area contributed by atoms with Gasteiger partial charge in [0.05, 0.1) is 12.4 Å². The summed E-state index contributed by atoms with van der Waals surface area (Å²) in [6.07, 6.45) is -1.80. The lowest BCUT2D eigenvalue weighted by Gasteiger charge is -2.34. The Morgan fingerprint density at radius 1 is 1.04 bits per heavy atom. The van der Waals surface area contributed by atoms with Gasteiger partial charge in [-0.3, -0.25) is 9.98 Å². The molecule has 1 aromatic heterocycles. The van der Waals surface area contributed by atoms with Crippen LogP contribution < -0.4 is 5.32 Å². The van der Waals surface area contributed by atoms with E-state index in [9.17, 15) is 17.6 Å². The van der Waals surface area contributed by atoms with Gasteiger partial charge in [-0.05, 0) is 30.7 Å². The first-order valence-electron chi connectivity index (χ1n) is 6.93. The monoisotopic (exact) mass is 323 g/mol. The Hall–Kier alpha value is -2.44. The van der Waals surface area contributed by atoms with E-state index in [1.54, 1.807) is 12.1 Å². The van der Waals surface area contributed by atoms with Gasteiger partial charge in [-0.15, -0.1) is 0 Å². The second-order valence-corrected chi connectivity index (χ2v) is 5.34. The number of hydrogen-bond donors (Lipinski definition) is 1. The van der Waals surface area contributed by atoms with Crippen molar-refractivity contribution >= 4 is 6.34 Å². The average molecular weight is 323 g/mol. The Morgan fingerprint density at radius 3 is 2.17 bits per heavy atom. The molecule has 1 aliphatic heterocycles. The maximum Gasteiger partial charge on any atom is 0.433 e. The molecule has 1 N–H and O–H groups in total. The zero-order chi connectivity index (χ0) is 16.7. The number of alkyl halides is 3. The minimum atomic E-state index is -4.49. The molecule has 23 heavy (non-hydrogen) atoms. The fourth-order valence-corrected chi connectivity index (χ4v) is 2.81. The summed E-state index contributed by atoms with van der Waals surface area (Å²) in [6, 6.07) is 7.82. The maximum absolute atomic E-state index is 13.2. The maximum atomic E-state index is 13.2. The van der Waals surface area contributed by atoms with Gasteiger partial charge in [0.15, 0.2) is 0 Å². The highest BCUT2D eigenvalue weighted by Crippen LogP contribution is 2.37. The van der Waals surface area contributed by atoms with Gasteiger partial charge in [-0.2, -0.15) is 13.2 Å². The molecular formula is C16H13F4N3. The van der Waals surface area contributed by atoms with Crippen LogP contribution in [0.15, 0.2) is 47.6 Å². The second kappa shape index (κ2) is 5.33. The number of nitrogens with one attached hydrogen (secondary N) is 1. The van der Waals surface area contributed by atoms with Gasteiger partial charge in [-0.25, -0.2) is 4.39 Å². The van der Waals surface area contributed by atoms with Gasteiger partial charge in [0.2, 0.25) is 0 Å². The highest BCUT2D eigenvalue weighted by Gasteiger charge is 2.43. The van der Waals surface area contributed by atoms with Crippen LogP contribution in [0.5, 0.6) is 0 Å². The van der Waals surface area contributed by atoms with Crippen LogP contribution in [0.2, 0.25) is 0 Å². The van der Waals surface area contributed by atoms with Crippen molar-refractivity contribution in [3.8, 4) is 0 Å². The molecule has 1 aliphatic rings. The smallest absolute Gasteiger partial charge is 0.361 e. The normalized spacial score (nSPS) is 23.8. The first-order valence-corrected chi connectivity index (χ1v) is 6.93. The number of aromatic nitrogens is 1. The molecule has 0 amide bonds. The Labute approximate surface area is 130 Å². The molecule has 0 spiro atoms. The standard InChI is InChI=1S/C16H13F4N3/c1-10-15(23-9-22-10,11-2-5-13(17)6-3-11)12-4-7-14(21-8-12)16(18,19)20/h2-10H,1H3,(H,22,23)/t10-,15-/m0/s1. The van der Waals surface area contributed by atoms with Crippen LogP contribution in [0.1, 0.15) is 23.7 Å². The van der Waals surface area contributed by atoms with Crippen molar-refractivity contribution in [1.29, 1.82) is 0 Å². The van der Waals surface area contributed by atoms with Gasteiger partial charge >= 0.3 is 6.18 Å². The first kappa shape index (κ1) is 15.5. The van der Waals surface area contributed by atoms with Crippen LogP contribution in [0.25, 0.3) is 0 Å². The predicted octanol–water partition coefficient (Wildman–Crippen LogP) is 3.50. The highest BCUT2D eigenvalue weighted by atomic mass is 19.4. The van der Waals surface area contributed by atoms with E-state index in [-0.39, 0.29) is 11.9 Å². The van der Waals surface area contributed by atoms with E-state index in [2.05, 4.69) is 15.3 Å². The Balaban J connectivity index is 2.09. The number of pyridine rings is 1. The topological polar surface area (TPSA) is 37.3 Å². The van der Waals surface area contributed by atoms with Gasteiger partial charge in [0.25, 0.3) is 0 Å². The van der Waals surface area contributed by atoms with E-state index in [1.807, 2.05) is 6.92 Å². The zero-order valence-corrected chi connectivity index (χ0v) is 12.1. The Kier molecular flexibility index (Phi) is 3.58. The second-order valence-electron chi connectivity index (χ2n) is 5.34. The van der Waals surface area contributed by atoms with Crippen molar-refractivity contribution in [2.75, 3.05) is 0 Å². The van der Waals surface area contributed by atoms with Gasteiger partial charge < -0.3 is 5.32 Å². The SMILES string of the molecule is C[C@@H]1N=CN[C@@]1(c1ccc(F)cc1)c1ccc(C(F)(F)F)nc1. The van der Waals surface area contributed by atoms with Crippen LogP contribution in [-0.4, -0.2) is 17.4 Å². The van der Waals surface area contributed by atoms with E-state index in [0.29, 0.717) is 11.1 Å². The average Bonchev–Trinajstić information content (AvgIpc) is 2.90. The molecule has 0 saturated carbocycles. The molecule has 3 rings (SSSR count). The molecule has 0 radical (unpaired) electrons. The first-order chi connectivity index (χ1) is 10.8. The van der Waals surface area contributed by atoms with Crippen molar-refractivity contribution in [2.45, 2.75) is 24.7 Å². The molecule has 0 aliphatic carbocycles. The van der Waals surface area contributed by atoms with Crippen LogP contribution in [-0.2, 0) is 11.7 Å². The van der Waals surface area contributed by atoms with Gasteiger partial charge in [0.1, 0.15) is 17.1 Å². The minimum absolute atomic E-state index is 0.286. The molecule has 2 heterocycles.